The first-order chi connectivity index (χ1) is 16.0. The molecule has 1 aliphatic rings. The summed E-state index contributed by atoms with van der Waals surface area (Å²) in [6.07, 6.45) is 9.91. The van der Waals surface area contributed by atoms with Crippen LogP contribution in [0, 0.1) is 0 Å². The Labute approximate surface area is 216 Å². The second-order valence-electron chi connectivity index (χ2n) is 11.2. The summed E-state index contributed by atoms with van der Waals surface area (Å²) in [7, 11) is 0. The predicted octanol–water partition coefficient (Wildman–Crippen LogP) is 9.25. The average Bonchev–Trinajstić information content (AvgIpc) is 2.81. The van der Waals surface area contributed by atoms with Gasteiger partial charge in [0.05, 0.1) is 5.03 Å². The van der Waals surface area contributed by atoms with E-state index in [1.165, 1.54) is 78.7 Å². The third kappa shape index (κ3) is 9.46. The summed E-state index contributed by atoms with van der Waals surface area (Å²) in [5.74, 6) is 0. The molecule has 0 bridgehead atoms. The third-order valence-electron chi connectivity index (χ3n) is 7.12. The van der Waals surface area contributed by atoms with Gasteiger partial charge in [0, 0.05) is 13.1 Å². The molecule has 2 N–H and O–H groups in total. The summed E-state index contributed by atoms with van der Waals surface area (Å²) in [5, 5.41) is 3.47. The number of thioether (sulfide) groups is 1. The average molecular weight is 487 g/mol. The van der Waals surface area contributed by atoms with Crippen molar-refractivity contribution in [2.75, 3.05) is 19.6 Å². The van der Waals surface area contributed by atoms with Crippen molar-refractivity contribution in [3.05, 3.63) is 51.9 Å². The van der Waals surface area contributed by atoms with Crippen molar-refractivity contribution < 1.29 is 0 Å². The smallest absolute Gasteiger partial charge is 0.0676 e. The normalized spacial score (nSPS) is 16.3. The fraction of sp³-hybridized carbons (Fsp3) is 0.677. The summed E-state index contributed by atoms with van der Waals surface area (Å²) >= 11 is 1.78. The Morgan fingerprint density at radius 2 is 1.56 bits per heavy atom. The zero-order chi connectivity index (χ0) is 25.8. The standard InChI is InChI=1S/C26H41NS.C5H13N/c1-9-11-17-27(16-10-2)21(4)28-19-20(3)22-12-13-23-24(18-22)26(7,8)15-14-25(23,5)6;1-2-3-4-5-6/h12-13,18-19H,4,9-11,14-17H2,1-3,5-8H3;2-6H2,1H3/b20-19+;. The molecular formula is C31H54N2S. The Bertz CT molecular complexity index is 772. The second kappa shape index (κ2) is 15.0. The summed E-state index contributed by atoms with van der Waals surface area (Å²) in [5.41, 5.74) is 11.5. The minimum atomic E-state index is 0.260. The van der Waals surface area contributed by atoms with Crippen LogP contribution in [0.15, 0.2) is 35.2 Å². The lowest BCUT2D eigenvalue weighted by molar-refractivity contribution is 0.332. The number of fused-ring (bicyclic) bond motifs is 1. The van der Waals surface area contributed by atoms with Crippen molar-refractivity contribution in [1.29, 1.82) is 0 Å². The molecule has 1 aromatic carbocycles. The molecule has 1 aromatic rings. The quantitative estimate of drug-likeness (QED) is 0.298. The Balaban J connectivity index is 0.000000852. The molecule has 0 saturated carbocycles. The van der Waals surface area contributed by atoms with Gasteiger partial charge in [-0.05, 0) is 84.1 Å². The molecule has 0 aliphatic heterocycles. The minimum Gasteiger partial charge on any atom is -0.367 e. The zero-order valence-electron chi connectivity index (χ0n) is 23.7. The molecule has 3 heteroatoms. The monoisotopic (exact) mass is 486 g/mol. The van der Waals surface area contributed by atoms with Crippen molar-refractivity contribution in [3.63, 3.8) is 0 Å². The highest BCUT2D eigenvalue weighted by Gasteiger charge is 2.36. The third-order valence-corrected chi connectivity index (χ3v) is 8.12. The Kier molecular flexibility index (Phi) is 13.6. The molecular weight excluding hydrogens is 432 g/mol. The zero-order valence-corrected chi connectivity index (χ0v) is 24.5. The number of nitrogens with two attached hydrogens (primary N) is 1. The van der Waals surface area contributed by atoms with E-state index >= 15 is 0 Å². The van der Waals surface area contributed by atoms with Crippen LogP contribution in [-0.2, 0) is 10.8 Å². The predicted molar refractivity (Wildman–Crippen MR) is 157 cm³/mol. The van der Waals surface area contributed by atoms with Crippen LogP contribution < -0.4 is 5.73 Å². The number of hydrogen-bond acceptors (Lipinski definition) is 3. The van der Waals surface area contributed by atoms with Gasteiger partial charge in [0.2, 0.25) is 0 Å². The topological polar surface area (TPSA) is 29.3 Å². The molecule has 2 nitrogen and oxygen atoms in total. The second-order valence-corrected chi connectivity index (χ2v) is 12.1. The molecule has 0 saturated heterocycles. The van der Waals surface area contributed by atoms with Gasteiger partial charge in [-0.3, -0.25) is 0 Å². The van der Waals surface area contributed by atoms with Crippen molar-refractivity contribution >= 4 is 17.3 Å². The van der Waals surface area contributed by atoms with E-state index in [0.29, 0.717) is 0 Å². The Morgan fingerprint density at radius 3 is 2.09 bits per heavy atom. The van der Waals surface area contributed by atoms with Gasteiger partial charge >= 0.3 is 0 Å². The molecule has 34 heavy (non-hydrogen) atoms. The fourth-order valence-corrected chi connectivity index (χ4v) is 5.29. The van der Waals surface area contributed by atoms with Crippen LogP contribution in [0.5, 0.6) is 0 Å². The maximum Gasteiger partial charge on any atom is 0.0676 e. The molecule has 0 atom stereocenters. The molecule has 0 aromatic heterocycles. The van der Waals surface area contributed by atoms with Gasteiger partial charge in [-0.2, -0.15) is 0 Å². The van der Waals surface area contributed by atoms with E-state index in [9.17, 15) is 0 Å². The molecule has 0 unspecified atom stereocenters. The lowest BCUT2D eigenvalue weighted by Gasteiger charge is -2.42. The van der Waals surface area contributed by atoms with Crippen LogP contribution in [0.3, 0.4) is 0 Å². The van der Waals surface area contributed by atoms with E-state index in [0.717, 1.165) is 19.6 Å². The van der Waals surface area contributed by atoms with Crippen LogP contribution in [-0.4, -0.2) is 24.5 Å². The van der Waals surface area contributed by atoms with E-state index in [4.69, 9.17) is 5.73 Å². The van der Waals surface area contributed by atoms with Crippen molar-refractivity contribution in [2.45, 2.75) is 118 Å². The molecule has 1 aliphatic carbocycles. The molecule has 194 valence electrons. The molecule has 0 spiro atoms. The Hall–Kier alpha value is -1.19. The van der Waals surface area contributed by atoms with Crippen LogP contribution in [0.1, 0.15) is 123 Å². The number of hydrogen-bond donors (Lipinski definition) is 1. The highest BCUT2D eigenvalue weighted by atomic mass is 32.2. The molecule has 2 rings (SSSR count). The maximum absolute atomic E-state index is 5.21. The molecule has 0 heterocycles. The van der Waals surface area contributed by atoms with Crippen LogP contribution >= 0.6 is 11.8 Å². The minimum absolute atomic E-state index is 0.260. The van der Waals surface area contributed by atoms with Crippen molar-refractivity contribution in [2.24, 2.45) is 5.73 Å². The van der Waals surface area contributed by atoms with E-state index < -0.39 is 0 Å². The number of nitrogens with zero attached hydrogens (tertiary/aromatic N) is 1. The number of benzene rings is 1. The van der Waals surface area contributed by atoms with E-state index in [-0.39, 0.29) is 10.8 Å². The van der Waals surface area contributed by atoms with E-state index in [1.54, 1.807) is 11.8 Å². The van der Waals surface area contributed by atoms with Crippen molar-refractivity contribution in [1.82, 2.24) is 4.90 Å². The number of unbranched alkanes of at least 4 members (excludes halogenated alkanes) is 3. The van der Waals surface area contributed by atoms with Crippen molar-refractivity contribution in [3.8, 4) is 0 Å². The number of allylic oxidation sites excluding steroid dienone is 1. The summed E-state index contributed by atoms with van der Waals surface area (Å²) in [6, 6.07) is 7.15. The van der Waals surface area contributed by atoms with Gasteiger partial charge in [0.1, 0.15) is 0 Å². The van der Waals surface area contributed by atoms with Gasteiger partial charge < -0.3 is 10.6 Å². The fourth-order valence-electron chi connectivity index (χ4n) is 4.51. The lowest BCUT2D eigenvalue weighted by Crippen LogP contribution is -2.33. The first-order valence-electron chi connectivity index (χ1n) is 13.7. The lowest BCUT2D eigenvalue weighted by atomic mass is 9.63. The largest absolute Gasteiger partial charge is 0.367 e. The van der Waals surface area contributed by atoms with E-state index in [1.807, 2.05) is 0 Å². The first-order valence-corrected chi connectivity index (χ1v) is 14.5. The first kappa shape index (κ1) is 30.8. The summed E-state index contributed by atoms with van der Waals surface area (Å²) in [6.45, 7) is 25.9. The van der Waals surface area contributed by atoms with Gasteiger partial charge in [0.15, 0.2) is 0 Å². The highest BCUT2D eigenvalue weighted by molar-refractivity contribution is 8.05. The molecule has 0 fully saturated rings. The molecule has 0 amide bonds. The van der Waals surface area contributed by atoms with Crippen LogP contribution in [0.25, 0.3) is 5.57 Å². The van der Waals surface area contributed by atoms with Gasteiger partial charge in [-0.1, -0.05) is 104 Å². The molecule has 0 radical (unpaired) electrons. The maximum atomic E-state index is 5.21. The van der Waals surface area contributed by atoms with Crippen LogP contribution in [0.4, 0.5) is 0 Å². The summed E-state index contributed by atoms with van der Waals surface area (Å²) < 4.78 is 0. The van der Waals surface area contributed by atoms with Crippen LogP contribution in [0.2, 0.25) is 0 Å². The Morgan fingerprint density at radius 1 is 0.941 bits per heavy atom. The van der Waals surface area contributed by atoms with E-state index in [2.05, 4.69) is 90.5 Å². The number of rotatable bonds is 12. The SMILES string of the molecule is C=C(S/C=C(\C)c1ccc2c(c1)C(C)(C)CCC2(C)C)N(CCC)CCCC.CCCCCN. The highest BCUT2D eigenvalue weighted by Crippen LogP contribution is 2.46. The van der Waals surface area contributed by atoms with Gasteiger partial charge in [-0.25, -0.2) is 0 Å². The summed E-state index contributed by atoms with van der Waals surface area (Å²) in [4.78, 5) is 2.44. The van der Waals surface area contributed by atoms with Gasteiger partial charge in [-0.15, -0.1) is 0 Å². The van der Waals surface area contributed by atoms with Gasteiger partial charge in [0.25, 0.3) is 0 Å².